The van der Waals surface area contributed by atoms with E-state index < -0.39 is 5.60 Å². The van der Waals surface area contributed by atoms with Crippen molar-refractivity contribution in [3.05, 3.63) is 0 Å². The van der Waals surface area contributed by atoms with Crippen LogP contribution in [0.2, 0.25) is 0 Å². The lowest BCUT2D eigenvalue weighted by Crippen LogP contribution is -2.34. The van der Waals surface area contributed by atoms with Crippen molar-refractivity contribution in [1.82, 2.24) is 0 Å². The molecule has 0 unspecified atom stereocenters. The van der Waals surface area contributed by atoms with E-state index >= 15 is 0 Å². The molecular weight excluding hydrogens is 184 g/mol. The van der Waals surface area contributed by atoms with E-state index in [1.54, 1.807) is 0 Å². The first-order valence-corrected chi connectivity index (χ1v) is 6.44. The van der Waals surface area contributed by atoms with E-state index in [9.17, 15) is 5.11 Å². The largest absolute Gasteiger partial charge is 0.378 e. The minimum absolute atomic E-state index is 0.773. The van der Waals surface area contributed by atoms with E-state index in [1.807, 2.05) is 0 Å². The Morgan fingerprint density at radius 3 is 2.00 bits per heavy atom. The highest BCUT2D eigenvalue weighted by atomic mass is 16.3. The molecule has 2 fully saturated rings. The fourth-order valence-electron chi connectivity index (χ4n) is 3.34. The van der Waals surface area contributed by atoms with Gasteiger partial charge in [-0.05, 0) is 37.5 Å². The van der Waals surface area contributed by atoms with Crippen LogP contribution in [0.5, 0.6) is 0 Å². The number of hydrogen-bond donors (Lipinski definition) is 1. The Morgan fingerprint density at radius 1 is 0.933 bits per heavy atom. The predicted octanol–water partition coefficient (Wildman–Crippen LogP) is 3.12. The van der Waals surface area contributed by atoms with Gasteiger partial charge in [0.05, 0.1) is 0 Å². The second kappa shape index (κ2) is 4.58. The van der Waals surface area contributed by atoms with Gasteiger partial charge in [-0.15, -0.1) is 6.42 Å². The molecule has 2 rings (SSSR count). The average molecular weight is 206 g/mol. The van der Waals surface area contributed by atoms with Crippen molar-refractivity contribution in [1.29, 1.82) is 0 Å². The number of hydrogen-bond acceptors (Lipinski definition) is 1. The molecule has 84 valence electrons. The molecule has 0 heterocycles. The Balaban J connectivity index is 1.85. The van der Waals surface area contributed by atoms with Crippen LogP contribution in [0.3, 0.4) is 0 Å². The molecule has 2 aliphatic carbocycles. The standard InChI is InChI=1S/C14H22O/c1-2-14(15)10-8-13(9-11-14)12-6-4-3-5-7-12/h1,12-13,15H,3-11H2. The third kappa shape index (κ3) is 2.55. The number of terminal acetylenes is 1. The summed E-state index contributed by atoms with van der Waals surface area (Å²) in [5.41, 5.74) is -0.773. The van der Waals surface area contributed by atoms with Gasteiger partial charge >= 0.3 is 0 Å². The third-order valence-electron chi connectivity index (χ3n) is 4.44. The summed E-state index contributed by atoms with van der Waals surface area (Å²) < 4.78 is 0. The van der Waals surface area contributed by atoms with E-state index in [-0.39, 0.29) is 0 Å². The first kappa shape index (κ1) is 11.0. The Morgan fingerprint density at radius 2 is 1.47 bits per heavy atom. The summed E-state index contributed by atoms with van der Waals surface area (Å²) in [6.07, 6.45) is 16.4. The summed E-state index contributed by atoms with van der Waals surface area (Å²) in [5, 5.41) is 9.96. The zero-order chi connectivity index (χ0) is 10.7. The van der Waals surface area contributed by atoms with Crippen LogP contribution in [-0.4, -0.2) is 10.7 Å². The molecule has 2 saturated carbocycles. The molecule has 2 aliphatic rings. The molecule has 0 saturated heterocycles. The predicted molar refractivity (Wildman–Crippen MR) is 62.3 cm³/mol. The van der Waals surface area contributed by atoms with Crippen molar-refractivity contribution >= 4 is 0 Å². The molecular formula is C14H22O. The SMILES string of the molecule is C#CC1(O)CCC(C2CCCCC2)CC1. The van der Waals surface area contributed by atoms with Crippen LogP contribution in [-0.2, 0) is 0 Å². The van der Waals surface area contributed by atoms with Crippen molar-refractivity contribution in [2.45, 2.75) is 63.4 Å². The molecule has 0 aromatic heterocycles. The molecule has 1 heteroatoms. The van der Waals surface area contributed by atoms with Crippen LogP contribution < -0.4 is 0 Å². The maximum atomic E-state index is 9.96. The minimum Gasteiger partial charge on any atom is -0.378 e. The molecule has 1 nitrogen and oxygen atoms in total. The zero-order valence-corrected chi connectivity index (χ0v) is 9.54. The normalized spacial score (nSPS) is 38.5. The van der Waals surface area contributed by atoms with Gasteiger partial charge in [-0.25, -0.2) is 0 Å². The Kier molecular flexibility index (Phi) is 3.36. The van der Waals surface area contributed by atoms with E-state index in [0.717, 1.165) is 37.5 Å². The quantitative estimate of drug-likeness (QED) is 0.654. The average Bonchev–Trinajstić information content (AvgIpc) is 2.31. The van der Waals surface area contributed by atoms with Gasteiger partial charge < -0.3 is 5.11 Å². The van der Waals surface area contributed by atoms with Crippen molar-refractivity contribution < 1.29 is 5.11 Å². The van der Waals surface area contributed by atoms with E-state index in [0.29, 0.717) is 0 Å². The van der Waals surface area contributed by atoms with Crippen LogP contribution in [0.15, 0.2) is 0 Å². The lowest BCUT2D eigenvalue weighted by molar-refractivity contribution is 0.0283. The Bertz CT molecular complexity index is 237. The topological polar surface area (TPSA) is 20.2 Å². The van der Waals surface area contributed by atoms with Crippen LogP contribution in [0.25, 0.3) is 0 Å². The van der Waals surface area contributed by atoms with Crippen LogP contribution in [0.4, 0.5) is 0 Å². The first-order chi connectivity index (χ1) is 7.23. The number of rotatable bonds is 1. The first-order valence-electron chi connectivity index (χ1n) is 6.44. The van der Waals surface area contributed by atoms with Gasteiger partial charge in [-0.1, -0.05) is 38.0 Å². The number of aliphatic hydroxyl groups is 1. The second-order valence-electron chi connectivity index (χ2n) is 5.41. The smallest absolute Gasteiger partial charge is 0.125 e. The van der Waals surface area contributed by atoms with Crippen molar-refractivity contribution in [3.8, 4) is 12.3 Å². The van der Waals surface area contributed by atoms with Crippen LogP contribution >= 0.6 is 0 Å². The fourth-order valence-corrected chi connectivity index (χ4v) is 3.34. The van der Waals surface area contributed by atoms with Gasteiger partial charge in [0.15, 0.2) is 0 Å². The fraction of sp³-hybridized carbons (Fsp3) is 0.857. The molecule has 0 aromatic rings. The lowest BCUT2D eigenvalue weighted by Gasteiger charge is -2.37. The summed E-state index contributed by atoms with van der Waals surface area (Å²) in [7, 11) is 0. The van der Waals surface area contributed by atoms with Crippen LogP contribution in [0, 0.1) is 24.2 Å². The van der Waals surface area contributed by atoms with Gasteiger partial charge in [0.25, 0.3) is 0 Å². The lowest BCUT2D eigenvalue weighted by atomic mass is 9.70. The Hall–Kier alpha value is -0.480. The molecule has 0 spiro atoms. The van der Waals surface area contributed by atoms with E-state index in [4.69, 9.17) is 6.42 Å². The minimum atomic E-state index is -0.773. The Labute approximate surface area is 93.3 Å². The van der Waals surface area contributed by atoms with Gasteiger partial charge in [-0.2, -0.15) is 0 Å². The monoisotopic (exact) mass is 206 g/mol. The maximum Gasteiger partial charge on any atom is 0.125 e. The molecule has 0 amide bonds. The molecule has 0 aromatic carbocycles. The second-order valence-corrected chi connectivity index (χ2v) is 5.41. The molecule has 15 heavy (non-hydrogen) atoms. The molecule has 0 aliphatic heterocycles. The molecule has 1 N–H and O–H groups in total. The summed E-state index contributed by atoms with van der Waals surface area (Å²) in [6.45, 7) is 0. The van der Waals surface area contributed by atoms with Crippen molar-refractivity contribution in [2.24, 2.45) is 11.8 Å². The highest BCUT2D eigenvalue weighted by Crippen LogP contribution is 2.40. The molecule has 0 radical (unpaired) electrons. The highest BCUT2D eigenvalue weighted by Gasteiger charge is 2.34. The maximum absolute atomic E-state index is 9.96. The van der Waals surface area contributed by atoms with Gasteiger partial charge in [0.2, 0.25) is 0 Å². The van der Waals surface area contributed by atoms with Gasteiger partial charge in [0.1, 0.15) is 5.60 Å². The summed E-state index contributed by atoms with van der Waals surface area (Å²) >= 11 is 0. The summed E-state index contributed by atoms with van der Waals surface area (Å²) in [5.74, 6) is 4.34. The summed E-state index contributed by atoms with van der Waals surface area (Å²) in [4.78, 5) is 0. The van der Waals surface area contributed by atoms with Gasteiger partial charge in [0, 0.05) is 0 Å². The third-order valence-corrected chi connectivity index (χ3v) is 4.44. The van der Waals surface area contributed by atoms with E-state index in [1.165, 1.54) is 32.1 Å². The zero-order valence-electron chi connectivity index (χ0n) is 9.54. The molecule has 0 bridgehead atoms. The van der Waals surface area contributed by atoms with E-state index in [2.05, 4.69) is 5.92 Å². The van der Waals surface area contributed by atoms with Crippen molar-refractivity contribution in [2.75, 3.05) is 0 Å². The molecule has 0 atom stereocenters. The summed E-state index contributed by atoms with van der Waals surface area (Å²) in [6, 6.07) is 0. The van der Waals surface area contributed by atoms with Gasteiger partial charge in [-0.3, -0.25) is 0 Å². The van der Waals surface area contributed by atoms with Crippen molar-refractivity contribution in [3.63, 3.8) is 0 Å². The highest BCUT2D eigenvalue weighted by molar-refractivity contribution is 5.09. The van der Waals surface area contributed by atoms with Crippen LogP contribution in [0.1, 0.15) is 57.8 Å².